The molecule has 10 nitrogen and oxygen atoms in total. The fourth-order valence-corrected chi connectivity index (χ4v) is 6.24. The number of amides is 1. The predicted molar refractivity (Wildman–Crippen MR) is 161 cm³/mol. The van der Waals surface area contributed by atoms with Crippen molar-refractivity contribution in [1.82, 2.24) is 9.97 Å². The molecule has 0 aliphatic carbocycles. The smallest absolute Gasteiger partial charge is 0.416 e. The van der Waals surface area contributed by atoms with Crippen LogP contribution in [0, 0.1) is 0 Å². The maximum atomic E-state index is 14.1. The normalized spacial score (nSPS) is 13.7. The van der Waals surface area contributed by atoms with Crippen molar-refractivity contribution in [3.63, 3.8) is 0 Å². The number of carbonyl (C=O) groups is 2. The molecule has 1 aromatic carbocycles. The van der Waals surface area contributed by atoms with E-state index < -0.39 is 38.9 Å². The van der Waals surface area contributed by atoms with Crippen LogP contribution in [-0.2, 0) is 36.1 Å². The minimum absolute atomic E-state index is 0.0573. The molecule has 1 unspecified atom stereocenters. The van der Waals surface area contributed by atoms with Gasteiger partial charge in [-0.3, -0.25) is 9.69 Å². The molecule has 0 bridgehead atoms. The van der Waals surface area contributed by atoms with Gasteiger partial charge >= 0.3 is 12.1 Å². The van der Waals surface area contributed by atoms with Crippen LogP contribution in [0.3, 0.4) is 0 Å². The number of nitrogens with two attached hydrogens (primary N) is 1. The fourth-order valence-electron chi connectivity index (χ4n) is 4.66. The first kappa shape index (κ1) is 32.7. The third-order valence-electron chi connectivity index (χ3n) is 6.82. The molecule has 0 radical (unpaired) electrons. The second-order valence-corrected chi connectivity index (χ2v) is 14.1. The highest BCUT2D eigenvalue weighted by Crippen LogP contribution is 2.35. The highest BCUT2D eigenvalue weighted by Gasteiger charge is 2.45. The van der Waals surface area contributed by atoms with E-state index in [4.69, 9.17) is 10.5 Å². The second-order valence-electron chi connectivity index (χ2n) is 11.9. The Kier molecular flexibility index (Phi) is 9.79. The fraction of sp³-hybridized carbons (Fsp3) is 0.419. The van der Waals surface area contributed by atoms with Crippen molar-refractivity contribution in [3.05, 3.63) is 83.7 Å². The molecule has 0 fully saturated rings. The van der Waals surface area contributed by atoms with Crippen LogP contribution >= 0.6 is 0 Å². The summed E-state index contributed by atoms with van der Waals surface area (Å²) in [6.07, 6.45) is 2.26. The summed E-state index contributed by atoms with van der Waals surface area (Å²) >= 11 is 0. The molecule has 0 aliphatic heterocycles. The number of carboxylic acids is 1. The molecule has 42 heavy (non-hydrogen) atoms. The summed E-state index contributed by atoms with van der Waals surface area (Å²) in [4.78, 5) is 31.8. The van der Waals surface area contributed by atoms with Gasteiger partial charge in [-0.2, -0.15) is 0 Å². The molecule has 1 atom stereocenters. The number of hydrogen-bond donors (Lipinski definition) is 2. The van der Waals surface area contributed by atoms with E-state index in [2.05, 4.69) is 30.7 Å². The lowest BCUT2D eigenvalue weighted by Crippen LogP contribution is -2.48. The van der Waals surface area contributed by atoms with E-state index >= 15 is 0 Å². The number of sulfone groups is 1. The van der Waals surface area contributed by atoms with E-state index in [1.165, 1.54) is 30.5 Å². The molecule has 2 aromatic heterocycles. The number of hydrogen-bond acceptors (Lipinski definition) is 8. The minimum Gasteiger partial charge on any atom is -0.480 e. The third kappa shape index (κ3) is 7.51. The van der Waals surface area contributed by atoms with Crippen molar-refractivity contribution in [3.8, 4) is 0 Å². The first-order valence-corrected chi connectivity index (χ1v) is 15.2. The quantitative estimate of drug-likeness (QED) is 0.304. The zero-order chi connectivity index (χ0) is 31.3. The number of pyridine rings is 2. The third-order valence-corrected chi connectivity index (χ3v) is 8.93. The summed E-state index contributed by atoms with van der Waals surface area (Å²) in [6.45, 7) is 10.6. The van der Waals surface area contributed by atoms with E-state index in [0.717, 1.165) is 23.3 Å². The average molecular weight is 597 g/mol. The maximum absolute atomic E-state index is 14.1. The molecule has 3 N–H and O–H groups in total. The van der Waals surface area contributed by atoms with Gasteiger partial charge in [0.25, 0.3) is 0 Å². The van der Waals surface area contributed by atoms with Gasteiger partial charge in [-0.05, 0) is 68.0 Å². The predicted octanol–water partition coefficient (Wildman–Crippen LogP) is 5.21. The van der Waals surface area contributed by atoms with E-state index in [1.54, 1.807) is 32.9 Å². The number of carboxylic acid groups (broad SMARTS) is 1. The van der Waals surface area contributed by atoms with Gasteiger partial charge in [-0.25, -0.2) is 23.2 Å². The number of rotatable bonds is 11. The minimum atomic E-state index is -4.36. The van der Waals surface area contributed by atoms with Crippen molar-refractivity contribution in [1.29, 1.82) is 0 Å². The van der Waals surface area contributed by atoms with Gasteiger partial charge in [0.1, 0.15) is 18.0 Å². The molecular formula is C31H40N4O6S. The molecule has 1 amide bonds. The van der Waals surface area contributed by atoms with Crippen LogP contribution in [0.25, 0.3) is 0 Å². The number of anilines is 1. The molecule has 0 saturated heterocycles. The zero-order valence-corrected chi connectivity index (χ0v) is 25.8. The second kappa shape index (κ2) is 12.6. The number of aliphatic carboxylic acids is 1. The van der Waals surface area contributed by atoms with Crippen molar-refractivity contribution < 1.29 is 27.9 Å². The van der Waals surface area contributed by atoms with Crippen molar-refractivity contribution in [2.45, 2.75) is 81.7 Å². The van der Waals surface area contributed by atoms with Crippen molar-refractivity contribution >= 4 is 27.7 Å². The van der Waals surface area contributed by atoms with E-state index in [0.29, 0.717) is 5.56 Å². The lowest BCUT2D eigenvalue weighted by molar-refractivity contribution is -0.135. The SMILES string of the molecule is CCCC(C)(C)c1ccc(CC(N)(c2cccc(N(CC(=O)O)C(=O)OC(C)(C)C)n2)S(=O)(=O)c2ccccn2)cc1. The summed E-state index contributed by atoms with van der Waals surface area (Å²) in [7, 11) is -4.36. The van der Waals surface area contributed by atoms with Gasteiger partial charge in [0.15, 0.2) is 9.90 Å². The number of ether oxygens (including phenoxy) is 1. The van der Waals surface area contributed by atoms with Gasteiger partial charge in [0.2, 0.25) is 9.84 Å². The van der Waals surface area contributed by atoms with E-state index in [-0.39, 0.29) is 28.4 Å². The molecule has 226 valence electrons. The van der Waals surface area contributed by atoms with Gasteiger partial charge < -0.3 is 15.6 Å². The molecule has 3 aromatic rings. The van der Waals surface area contributed by atoms with Crippen molar-refractivity contribution in [2.75, 3.05) is 11.4 Å². The largest absolute Gasteiger partial charge is 0.480 e. The zero-order valence-electron chi connectivity index (χ0n) is 25.0. The molecule has 2 heterocycles. The first-order valence-electron chi connectivity index (χ1n) is 13.7. The highest BCUT2D eigenvalue weighted by molar-refractivity contribution is 7.92. The number of carbonyl (C=O) groups excluding carboxylic acids is 1. The van der Waals surface area contributed by atoms with Gasteiger partial charge in [0.05, 0.1) is 5.69 Å². The summed E-state index contributed by atoms with van der Waals surface area (Å²) < 4.78 is 33.6. The van der Waals surface area contributed by atoms with E-state index in [1.807, 2.05) is 24.3 Å². The topological polar surface area (TPSA) is 153 Å². The Morgan fingerprint density at radius 2 is 1.64 bits per heavy atom. The standard InChI is InChI=1S/C31H40N4O6S/c1-7-18-30(5,6)23-16-14-22(15-17-23)20-31(32,42(39,40)26-13-8-9-19-33-26)24-11-10-12-25(34-24)35(21-27(36)37)28(38)41-29(2,3)4/h8-17,19H,7,18,20-21,32H2,1-6H3,(H,36,37). The Labute approximate surface area is 247 Å². The molecule has 0 spiro atoms. The van der Waals surface area contributed by atoms with Crippen LogP contribution in [0.15, 0.2) is 71.9 Å². The van der Waals surface area contributed by atoms with Crippen LogP contribution in [0.1, 0.15) is 71.2 Å². The van der Waals surface area contributed by atoms with Crippen molar-refractivity contribution in [2.24, 2.45) is 5.73 Å². The molecule has 0 saturated carbocycles. The Bertz CT molecular complexity index is 1500. The van der Waals surface area contributed by atoms with Gasteiger partial charge in [-0.15, -0.1) is 0 Å². The number of nitrogens with zero attached hydrogens (tertiary/aromatic N) is 3. The van der Waals surface area contributed by atoms with Crippen LogP contribution < -0.4 is 10.6 Å². The summed E-state index contributed by atoms with van der Waals surface area (Å²) in [6, 6.07) is 16.5. The maximum Gasteiger partial charge on any atom is 0.416 e. The summed E-state index contributed by atoms with van der Waals surface area (Å²) in [5.74, 6) is -1.42. The Balaban J connectivity index is 2.15. The lowest BCUT2D eigenvalue weighted by Gasteiger charge is -2.31. The lowest BCUT2D eigenvalue weighted by atomic mass is 9.80. The van der Waals surface area contributed by atoms with Gasteiger partial charge in [0, 0.05) is 12.6 Å². The Morgan fingerprint density at radius 1 is 0.976 bits per heavy atom. The summed E-state index contributed by atoms with van der Waals surface area (Å²) in [5.41, 5.74) is 7.55. The first-order chi connectivity index (χ1) is 19.5. The van der Waals surface area contributed by atoms with Crippen LogP contribution in [-0.4, -0.2) is 47.7 Å². The monoisotopic (exact) mass is 596 g/mol. The highest BCUT2D eigenvalue weighted by atomic mass is 32.2. The molecular weight excluding hydrogens is 556 g/mol. The van der Waals surface area contributed by atoms with Gasteiger partial charge in [-0.1, -0.05) is 63.6 Å². The van der Waals surface area contributed by atoms with Crippen LogP contribution in [0.4, 0.5) is 10.6 Å². The Morgan fingerprint density at radius 3 is 2.19 bits per heavy atom. The molecule has 0 aliphatic rings. The summed E-state index contributed by atoms with van der Waals surface area (Å²) in [5, 5.41) is 9.26. The number of benzene rings is 1. The van der Waals surface area contributed by atoms with Crippen LogP contribution in [0.2, 0.25) is 0 Å². The van der Waals surface area contributed by atoms with E-state index in [9.17, 15) is 23.1 Å². The molecule has 11 heteroatoms. The van der Waals surface area contributed by atoms with Crippen LogP contribution in [0.5, 0.6) is 0 Å². The molecule has 3 rings (SSSR count). The Hall–Kier alpha value is -3.83. The number of aromatic nitrogens is 2. The average Bonchev–Trinajstić information content (AvgIpc) is 2.91.